The van der Waals surface area contributed by atoms with Crippen molar-refractivity contribution in [2.24, 2.45) is 0 Å². The second-order valence-corrected chi connectivity index (χ2v) is 8.06. The molecule has 0 bridgehead atoms. The average Bonchev–Trinajstić information content (AvgIpc) is 2.76. The summed E-state index contributed by atoms with van der Waals surface area (Å²) < 4.78 is 6.79. The molecule has 3 rings (SSSR count). The Morgan fingerprint density at radius 1 is 1.20 bits per heavy atom. The lowest BCUT2D eigenvalue weighted by molar-refractivity contribution is 0.267. The van der Waals surface area contributed by atoms with Crippen molar-refractivity contribution in [3.63, 3.8) is 0 Å². The van der Waals surface area contributed by atoms with Crippen molar-refractivity contribution in [2.45, 2.75) is 6.54 Å². The predicted octanol–water partition coefficient (Wildman–Crippen LogP) is 1.70. The van der Waals surface area contributed by atoms with Gasteiger partial charge in [-0.05, 0) is 26.2 Å². The van der Waals surface area contributed by atoms with E-state index in [2.05, 4.69) is 32.3 Å². The maximum absolute atomic E-state index is 12.6. The van der Waals surface area contributed by atoms with E-state index in [0.29, 0.717) is 23.8 Å². The third-order valence-electron chi connectivity index (χ3n) is 5.28. The summed E-state index contributed by atoms with van der Waals surface area (Å²) in [4.78, 5) is 19.4. The lowest BCUT2D eigenvalue weighted by Crippen LogP contribution is -2.47. The van der Waals surface area contributed by atoms with E-state index in [0.717, 1.165) is 45.0 Å². The predicted molar refractivity (Wildman–Crippen MR) is 122 cm³/mol. The van der Waals surface area contributed by atoms with Gasteiger partial charge in [-0.3, -0.25) is 9.69 Å². The first kappa shape index (κ1) is 22.4. The molecule has 1 aromatic carbocycles. The third kappa shape index (κ3) is 5.87. The third-order valence-corrected chi connectivity index (χ3v) is 5.56. The Kier molecular flexibility index (Phi) is 7.95. The van der Waals surface area contributed by atoms with Crippen molar-refractivity contribution < 1.29 is 4.74 Å². The standard InChI is InChI=1S/C21H31ClN6O2/c1-25(2)9-14-28-21(29)20(19(22)16-24-28)23-7-8-26-10-12-27(13-11-26)17-5-4-6-18(15-17)30-3/h4-6,15-16,23H,7-14H2,1-3H3. The number of benzene rings is 1. The van der Waals surface area contributed by atoms with Crippen LogP contribution >= 0.6 is 11.6 Å². The number of nitrogens with zero attached hydrogens (tertiary/aromatic N) is 5. The van der Waals surface area contributed by atoms with Crippen molar-refractivity contribution in [3.8, 4) is 5.75 Å². The summed E-state index contributed by atoms with van der Waals surface area (Å²) >= 11 is 6.22. The van der Waals surface area contributed by atoms with Crippen LogP contribution in [0.3, 0.4) is 0 Å². The van der Waals surface area contributed by atoms with Crippen molar-refractivity contribution in [1.82, 2.24) is 19.6 Å². The second-order valence-electron chi connectivity index (χ2n) is 7.66. The number of anilines is 2. The second kappa shape index (κ2) is 10.7. The van der Waals surface area contributed by atoms with Crippen LogP contribution in [0.15, 0.2) is 35.3 Å². The smallest absolute Gasteiger partial charge is 0.291 e. The van der Waals surface area contributed by atoms with E-state index in [1.54, 1.807) is 7.11 Å². The molecule has 1 aliphatic heterocycles. The van der Waals surface area contributed by atoms with Gasteiger partial charge in [-0.25, -0.2) is 4.68 Å². The van der Waals surface area contributed by atoms with E-state index in [9.17, 15) is 4.79 Å². The monoisotopic (exact) mass is 434 g/mol. The minimum absolute atomic E-state index is 0.174. The Labute approximate surface area is 183 Å². The van der Waals surface area contributed by atoms with Crippen molar-refractivity contribution in [3.05, 3.63) is 45.8 Å². The molecule has 1 fully saturated rings. The van der Waals surface area contributed by atoms with Gasteiger partial charge in [-0.2, -0.15) is 5.10 Å². The van der Waals surface area contributed by atoms with Gasteiger partial charge in [0.1, 0.15) is 11.4 Å². The highest BCUT2D eigenvalue weighted by molar-refractivity contribution is 6.32. The van der Waals surface area contributed by atoms with E-state index in [1.807, 2.05) is 31.1 Å². The normalized spacial score (nSPS) is 14.9. The molecule has 2 heterocycles. The van der Waals surface area contributed by atoms with Crippen molar-refractivity contribution in [2.75, 3.05) is 77.2 Å². The number of methoxy groups -OCH3 is 1. The molecule has 1 saturated heterocycles. The maximum atomic E-state index is 12.6. The molecule has 9 heteroatoms. The minimum atomic E-state index is -0.174. The lowest BCUT2D eigenvalue weighted by Gasteiger charge is -2.36. The van der Waals surface area contributed by atoms with Crippen LogP contribution < -0.4 is 20.5 Å². The zero-order valence-corrected chi connectivity index (χ0v) is 18.7. The summed E-state index contributed by atoms with van der Waals surface area (Å²) in [5, 5.41) is 7.73. The van der Waals surface area contributed by atoms with Crippen LogP contribution in [-0.4, -0.2) is 86.6 Å². The molecule has 8 nitrogen and oxygen atoms in total. The summed E-state index contributed by atoms with van der Waals surface area (Å²) in [6.45, 7) is 6.64. The number of nitrogens with one attached hydrogen (secondary N) is 1. The zero-order valence-electron chi connectivity index (χ0n) is 18.0. The SMILES string of the molecule is COc1cccc(N2CCN(CCNc3c(Cl)cnn(CCN(C)C)c3=O)CC2)c1. The van der Waals surface area contributed by atoms with Gasteiger partial charge in [0.15, 0.2) is 0 Å². The molecule has 0 radical (unpaired) electrons. The Hall–Kier alpha value is -2.29. The molecule has 164 valence electrons. The molecule has 0 spiro atoms. The first-order chi connectivity index (χ1) is 14.5. The van der Waals surface area contributed by atoms with Gasteiger partial charge in [-0.1, -0.05) is 17.7 Å². The van der Waals surface area contributed by atoms with E-state index < -0.39 is 0 Å². The Morgan fingerprint density at radius 3 is 2.67 bits per heavy atom. The largest absolute Gasteiger partial charge is 0.497 e. The number of hydrogen-bond donors (Lipinski definition) is 1. The van der Waals surface area contributed by atoms with Crippen LogP contribution in [0.4, 0.5) is 11.4 Å². The van der Waals surface area contributed by atoms with Crippen LogP contribution in [0.1, 0.15) is 0 Å². The van der Waals surface area contributed by atoms with Crippen LogP contribution in [-0.2, 0) is 6.54 Å². The van der Waals surface area contributed by atoms with Crippen LogP contribution in [0.25, 0.3) is 0 Å². The molecule has 1 aromatic heterocycles. The highest BCUT2D eigenvalue weighted by atomic mass is 35.5. The number of likely N-dealkylation sites (N-methyl/N-ethyl adjacent to an activating group) is 1. The molecule has 0 aliphatic carbocycles. The van der Waals surface area contributed by atoms with Gasteiger partial charge < -0.3 is 19.9 Å². The highest BCUT2D eigenvalue weighted by Gasteiger charge is 2.18. The molecule has 2 aromatic rings. The summed E-state index contributed by atoms with van der Waals surface area (Å²) in [7, 11) is 5.62. The Morgan fingerprint density at radius 2 is 1.97 bits per heavy atom. The van der Waals surface area contributed by atoms with E-state index >= 15 is 0 Å². The quantitative estimate of drug-likeness (QED) is 0.644. The molecule has 0 atom stereocenters. The molecular weight excluding hydrogens is 404 g/mol. The number of hydrogen-bond acceptors (Lipinski definition) is 7. The molecule has 0 unspecified atom stereocenters. The van der Waals surface area contributed by atoms with Crippen LogP contribution in [0.5, 0.6) is 5.75 Å². The lowest BCUT2D eigenvalue weighted by atomic mass is 10.2. The van der Waals surface area contributed by atoms with Gasteiger partial charge in [-0.15, -0.1) is 0 Å². The minimum Gasteiger partial charge on any atom is -0.497 e. The fourth-order valence-electron chi connectivity index (χ4n) is 3.46. The fourth-order valence-corrected chi connectivity index (χ4v) is 3.65. The van der Waals surface area contributed by atoms with Gasteiger partial charge in [0.05, 0.1) is 24.9 Å². The Bertz CT molecular complexity index is 880. The summed E-state index contributed by atoms with van der Waals surface area (Å²) in [6.07, 6.45) is 1.54. The molecule has 0 saturated carbocycles. The summed E-state index contributed by atoms with van der Waals surface area (Å²) in [6, 6.07) is 8.18. The van der Waals surface area contributed by atoms with Crippen molar-refractivity contribution in [1.29, 1.82) is 0 Å². The highest BCUT2D eigenvalue weighted by Crippen LogP contribution is 2.22. The van der Waals surface area contributed by atoms with E-state index in [-0.39, 0.29) is 5.56 Å². The molecule has 1 aliphatic rings. The van der Waals surface area contributed by atoms with Crippen molar-refractivity contribution >= 4 is 23.0 Å². The zero-order chi connectivity index (χ0) is 21.5. The first-order valence-electron chi connectivity index (χ1n) is 10.2. The fraction of sp³-hybridized carbons (Fsp3) is 0.524. The number of piperazine rings is 1. The molecule has 1 N–H and O–H groups in total. The first-order valence-corrected chi connectivity index (χ1v) is 10.6. The maximum Gasteiger partial charge on any atom is 0.291 e. The van der Waals surface area contributed by atoms with E-state index in [1.165, 1.54) is 16.6 Å². The number of halogens is 1. The molecular formula is C21H31ClN6O2. The van der Waals surface area contributed by atoms with E-state index in [4.69, 9.17) is 16.3 Å². The topological polar surface area (TPSA) is 65.9 Å². The molecule has 30 heavy (non-hydrogen) atoms. The Balaban J connectivity index is 1.49. The molecule has 0 amide bonds. The number of rotatable bonds is 9. The van der Waals surface area contributed by atoms with Gasteiger partial charge >= 0.3 is 0 Å². The van der Waals surface area contributed by atoms with Gasteiger partial charge in [0.25, 0.3) is 5.56 Å². The summed E-state index contributed by atoms with van der Waals surface area (Å²) in [5.74, 6) is 0.879. The number of aromatic nitrogens is 2. The van der Waals surface area contributed by atoms with Crippen LogP contribution in [0, 0.1) is 0 Å². The number of ether oxygens (including phenoxy) is 1. The van der Waals surface area contributed by atoms with Gasteiger partial charge in [0.2, 0.25) is 0 Å². The van der Waals surface area contributed by atoms with Crippen LogP contribution in [0.2, 0.25) is 5.02 Å². The summed E-state index contributed by atoms with van der Waals surface area (Å²) in [5.41, 5.74) is 1.45. The average molecular weight is 435 g/mol. The van der Waals surface area contributed by atoms with Gasteiger partial charge in [0, 0.05) is 57.6 Å².